The van der Waals surface area contributed by atoms with E-state index in [0.29, 0.717) is 17.7 Å². The Morgan fingerprint density at radius 1 is 0.929 bits per heavy atom. The smallest absolute Gasteiger partial charge is 0.261 e. The van der Waals surface area contributed by atoms with Gasteiger partial charge in [-0.15, -0.1) is 0 Å². The van der Waals surface area contributed by atoms with Gasteiger partial charge in [0.25, 0.3) is 11.8 Å². The Bertz CT molecular complexity index is 816. The molecular formula is C22H25N3O3. The van der Waals surface area contributed by atoms with Crippen molar-refractivity contribution >= 4 is 23.4 Å². The van der Waals surface area contributed by atoms with E-state index in [9.17, 15) is 14.4 Å². The highest BCUT2D eigenvalue weighted by molar-refractivity contribution is 6.21. The number of carbonyl (C=O) groups is 3. The van der Waals surface area contributed by atoms with Crippen LogP contribution in [-0.2, 0) is 4.79 Å². The molecule has 0 aliphatic carbocycles. The molecule has 0 radical (unpaired) electrons. The molecule has 1 N–H and O–H groups in total. The van der Waals surface area contributed by atoms with Crippen molar-refractivity contribution in [2.75, 3.05) is 31.6 Å². The van der Waals surface area contributed by atoms with Gasteiger partial charge in [0.1, 0.15) is 0 Å². The summed E-state index contributed by atoms with van der Waals surface area (Å²) in [5, 5.41) is 2.86. The van der Waals surface area contributed by atoms with E-state index in [0.717, 1.165) is 24.3 Å². The first-order chi connectivity index (χ1) is 13.6. The highest BCUT2D eigenvalue weighted by Crippen LogP contribution is 2.22. The van der Waals surface area contributed by atoms with Gasteiger partial charge in [-0.25, -0.2) is 0 Å². The molecule has 1 aliphatic heterocycles. The van der Waals surface area contributed by atoms with Gasteiger partial charge in [-0.3, -0.25) is 19.3 Å². The Hall–Kier alpha value is -3.15. The van der Waals surface area contributed by atoms with Crippen LogP contribution in [0, 0.1) is 0 Å². The minimum atomic E-state index is -0.322. The normalized spacial score (nSPS) is 12.8. The number of nitrogens with one attached hydrogen (secondary N) is 1. The molecule has 1 heterocycles. The van der Waals surface area contributed by atoms with Crippen molar-refractivity contribution in [2.24, 2.45) is 0 Å². The van der Waals surface area contributed by atoms with Crippen molar-refractivity contribution in [2.45, 2.75) is 19.3 Å². The summed E-state index contributed by atoms with van der Waals surface area (Å²) in [5.41, 5.74) is 2.00. The lowest BCUT2D eigenvalue weighted by Gasteiger charge is -2.19. The standard InChI is InChI=1S/C22H25N3O3/c1-24(17-9-3-2-4-10-17)15-8-7-14-23-20(26)13-16-25-21(27)18-11-5-6-12-19(18)22(25)28/h2-6,9-12H,7-8,13-16H2,1H3,(H,23,26). The number of carbonyl (C=O) groups excluding carboxylic acids is 3. The fourth-order valence-corrected chi connectivity index (χ4v) is 3.26. The molecule has 0 spiro atoms. The Morgan fingerprint density at radius 2 is 1.54 bits per heavy atom. The minimum Gasteiger partial charge on any atom is -0.375 e. The summed E-state index contributed by atoms with van der Waals surface area (Å²) >= 11 is 0. The number of rotatable bonds is 9. The molecule has 146 valence electrons. The molecule has 28 heavy (non-hydrogen) atoms. The van der Waals surface area contributed by atoms with E-state index in [2.05, 4.69) is 29.4 Å². The van der Waals surface area contributed by atoms with Crippen LogP contribution in [0.3, 0.4) is 0 Å². The topological polar surface area (TPSA) is 69.7 Å². The van der Waals surface area contributed by atoms with Crippen LogP contribution in [0.15, 0.2) is 54.6 Å². The van der Waals surface area contributed by atoms with Gasteiger partial charge in [-0.1, -0.05) is 30.3 Å². The van der Waals surface area contributed by atoms with Crippen LogP contribution < -0.4 is 10.2 Å². The second kappa shape index (κ2) is 9.17. The van der Waals surface area contributed by atoms with E-state index in [1.54, 1.807) is 24.3 Å². The predicted molar refractivity (Wildman–Crippen MR) is 108 cm³/mol. The highest BCUT2D eigenvalue weighted by Gasteiger charge is 2.34. The third-order valence-corrected chi connectivity index (χ3v) is 4.88. The molecule has 0 aromatic heterocycles. The van der Waals surface area contributed by atoms with Gasteiger partial charge in [0.2, 0.25) is 5.91 Å². The van der Waals surface area contributed by atoms with Crippen molar-refractivity contribution in [1.29, 1.82) is 0 Å². The molecule has 2 aromatic carbocycles. The number of fused-ring (bicyclic) bond motifs is 1. The number of unbranched alkanes of at least 4 members (excludes halogenated alkanes) is 1. The van der Waals surface area contributed by atoms with Gasteiger partial charge in [0.15, 0.2) is 0 Å². The Kier molecular flexibility index (Phi) is 6.42. The van der Waals surface area contributed by atoms with Gasteiger partial charge < -0.3 is 10.2 Å². The summed E-state index contributed by atoms with van der Waals surface area (Å²) in [6.07, 6.45) is 1.95. The summed E-state index contributed by atoms with van der Waals surface area (Å²) in [6.45, 7) is 1.60. The number of benzene rings is 2. The van der Waals surface area contributed by atoms with Crippen LogP contribution >= 0.6 is 0 Å². The lowest BCUT2D eigenvalue weighted by molar-refractivity contribution is -0.121. The quantitative estimate of drug-likeness (QED) is 0.537. The summed E-state index contributed by atoms with van der Waals surface area (Å²) < 4.78 is 0. The van der Waals surface area contributed by atoms with Gasteiger partial charge in [0.05, 0.1) is 11.1 Å². The zero-order chi connectivity index (χ0) is 19.9. The molecule has 0 saturated carbocycles. The van der Waals surface area contributed by atoms with Crippen LogP contribution in [0.5, 0.6) is 0 Å². The fourth-order valence-electron chi connectivity index (χ4n) is 3.26. The van der Waals surface area contributed by atoms with Gasteiger partial charge in [-0.05, 0) is 37.1 Å². The van der Waals surface area contributed by atoms with Gasteiger partial charge in [-0.2, -0.15) is 0 Å². The average molecular weight is 379 g/mol. The molecular weight excluding hydrogens is 354 g/mol. The van der Waals surface area contributed by atoms with Crippen molar-refractivity contribution in [1.82, 2.24) is 10.2 Å². The van der Waals surface area contributed by atoms with Gasteiger partial charge >= 0.3 is 0 Å². The summed E-state index contributed by atoms with van der Waals surface area (Å²) in [4.78, 5) is 39.9. The van der Waals surface area contributed by atoms with E-state index in [1.165, 1.54) is 5.69 Å². The van der Waals surface area contributed by atoms with Crippen molar-refractivity contribution in [3.8, 4) is 0 Å². The Morgan fingerprint density at radius 3 is 2.18 bits per heavy atom. The number of hydrogen-bond acceptors (Lipinski definition) is 4. The van der Waals surface area contributed by atoms with Crippen LogP contribution in [0.25, 0.3) is 0 Å². The van der Waals surface area contributed by atoms with E-state index < -0.39 is 0 Å². The third kappa shape index (κ3) is 4.57. The zero-order valence-corrected chi connectivity index (χ0v) is 16.1. The van der Waals surface area contributed by atoms with Crippen LogP contribution in [-0.4, -0.2) is 49.3 Å². The maximum Gasteiger partial charge on any atom is 0.261 e. The van der Waals surface area contributed by atoms with Crippen LogP contribution in [0.4, 0.5) is 5.69 Å². The summed E-state index contributed by atoms with van der Waals surface area (Å²) in [5.74, 6) is -0.789. The second-order valence-corrected chi connectivity index (χ2v) is 6.87. The minimum absolute atomic E-state index is 0.106. The first-order valence-electron chi connectivity index (χ1n) is 9.56. The molecule has 2 aromatic rings. The van der Waals surface area contributed by atoms with E-state index in [1.807, 2.05) is 18.2 Å². The predicted octanol–water partition coefficient (Wildman–Crippen LogP) is 2.71. The highest BCUT2D eigenvalue weighted by atomic mass is 16.2. The largest absolute Gasteiger partial charge is 0.375 e. The second-order valence-electron chi connectivity index (χ2n) is 6.87. The number of nitrogens with zero attached hydrogens (tertiary/aromatic N) is 2. The number of amides is 3. The molecule has 3 amide bonds. The lowest BCUT2D eigenvalue weighted by atomic mass is 10.1. The lowest BCUT2D eigenvalue weighted by Crippen LogP contribution is -2.35. The van der Waals surface area contributed by atoms with Crippen molar-refractivity contribution in [3.63, 3.8) is 0 Å². The fraction of sp³-hybridized carbons (Fsp3) is 0.318. The van der Waals surface area contributed by atoms with E-state index >= 15 is 0 Å². The third-order valence-electron chi connectivity index (χ3n) is 4.88. The Labute approximate surface area is 165 Å². The monoisotopic (exact) mass is 379 g/mol. The molecule has 6 heteroatoms. The van der Waals surface area contributed by atoms with Crippen molar-refractivity contribution < 1.29 is 14.4 Å². The molecule has 0 atom stereocenters. The first kappa shape index (κ1) is 19.6. The van der Waals surface area contributed by atoms with Crippen LogP contribution in [0.2, 0.25) is 0 Å². The maximum absolute atomic E-state index is 12.3. The summed E-state index contributed by atoms with van der Waals surface area (Å²) in [7, 11) is 2.05. The Balaban J connectivity index is 1.33. The number of hydrogen-bond donors (Lipinski definition) is 1. The number of para-hydroxylation sites is 1. The SMILES string of the molecule is CN(CCCCNC(=O)CCN1C(=O)c2ccccc2C1=O)c1ccccc1. The summed E-state index contributed by atoms with van der Waals surface area (Å²) in [6, 6.07) is 16.9. The number of imide groups is 1. The molecule has 1 aliphatic rings. The van der Waals surface area contributed by atoms with Gasteiger partial charge in [0, 0.05) is 38.8 Å². The molecule has 0 bridgehead atoms. The van der Waals surface area contributed by atoms with Crippen LogP contribution in [0.1, 0.15) is 40.0 Å². The zero-order valence-electron chi connectivity index (χ0n) is 16.1. The first-order valence-corrected chi connectivity index (χ1v) is 9.56. The molecule has 0 fully saturated rings. The molecule has 6 nitrogen and oxygen atoms in total. The number of anilines is 1. The van der Waals surface area contributed by atoms with E-state index in [4.69, 9.17) is 0 Å². The molecule has 0 saturated heterocycles. The van der Waals surface area contributed by atoms with E-state index in [-0.39, 0.29) is 30.7 Å². The molecule has 0 unspecified atom stereocenters. The van der Waals surface area contributed by atoms with Crippen molar-refractivity contribution in [3.05, 3.63) is 65.7 Å². The average Bonchev–Trinajstić information content (AvgIpc) is 2.97. The maximum atomic E-state index is 12.3. The molecule has 3 rings (SSSR count).